The van der Waals surface area contributed by atoms with Crippen molar-refractivity contribution < 1.29 is 42.9 Å². The lowest BCUT2D eigenvalue weighted by atomic mass is 9.89. The number of rotatable bonds is 9. The molecule has 0 unspecified atom stereocenters. The number of aromatic nitrogens is 4. The van der Waals surface area contributed by atoms with Gasteiger partial charge in [0.1, 0.15) is 23.7 Å². The summed E-state index contributed by atoms with van der Waals surface area (Å²) in [7, 11) is 2.60. The summed E-state index contributed by atoms with van der Waals surface area (Å²) >= 11 is 0. The van der Waals surface area contributed by atoms with Crippen LogP contribution in [0.2, 0.25) is 0 Å². The van der Waals surface area contributed by atoms with Gasteiger partial charge in [-0.1, -0.05) is 57.7 Å². The van der Waals surface area contributed by atoms with E-state index in [-0.39, 0.29) is 43.7 Å². The molecular weight excluding hydrogens is 845 g/mol. The maximum absolute atomic E-state index is 14.6. The van der Waals surface area contributed by atoms with E-state index >= 15 is 0 Å². The van der Waals surface area contributed by atoms with E-state index < -0.39 is 36.1 Å². The highest BCUT2D eigenvalue weighted by Crippen LogP contribution is 2.45. The van der Waals surface area contributed by atoms with Gasteiger partial charge in [0, 0.05) is 42.8 Å². The SMILES string of the molecule is C.COC(=O)N[C@H](C(=O)N1CCC[C@H]1c1nc2c(ccc3cc(-c4ccc5c(c4)CCc4[nH]c([C@@H]6CC7(CN6C(=O)[C@@H](NC(=O)OC)C6CCOCC6)OCCO7)nc4-5)ccc32)[nH]1)C(C)C. The van der Waals surface area contributed by atoms with E-state index in [9.17, 15) is 19.2 Å². The van der Waals surface area contributed by atoms with Crippen LogP contribution in [0, 0.1) is 11.8 Å². The first-order valence-electron chi connectivity index (χ1n) is 22.8. The zero-order valence-electron chi connectivity index (χ0n) is 37.2. The molecule has 1 aliphatic carbocycles. The number of imidazole rings is 2. The number of aromatic amines is 2. The zero-order valence-corrected chi connectivity index (χ0v) is 37.2. The largest absolute Gasteiger partial charge is 0.453 e. The molecule has 2 aromatic heterocycles. The number of alkyl carbamates (subject to hydrolysis) is 2. The number of aryl methyl sites for hydroxylation is 2. The standard InChI is InChI=1S/C48H56N8O9.CH4/c1-26(2)38(53-46(59)61-3)44(57)55-17-5-6-36(55)42-49-34-13-9-30-22-28(7-11-32(30)40(34)51-42)29-8-12-33-31(23-29)10-14-35-41(33)52-43(50-35)37-24-48(64-20-21-65-48)25-56(37)45(58)39(54-47(60)62-4)27-15-18-63-19-16-27;/h7-9,11-13,22-23,26-27,36-39H,5-6,10,14-21,24-25H2,1-4H3,(H,49,51)(H,50,52)(H,53,59)(H,54,60);1H4/t36-,37-,38-,39-;/m0./s1. The average Bonchev–Trinajstić information content (AvgIpc) is 4.19. The first kappa shape index (κ1) is 45.1. The van der Waals surface area contributed by atoms with Gasteiger partial charge in [0.25, 0.3) is 0 Å². The zero-order chi connectivity index (χ0) is 45.0. The number of benzene rings is 3. The van der Waals surface area contributed by atoms with Gasteiger partial charge in [0.05, 0.1) is 62.8 Å². The Morgan fingerprint density at radius 2 is 1.53 bits per heavy atom. The van der Waals surface area contributed by atoms with Crippen LogP contribution in [-0.2, 0) is 46.1 Å². The fraction of sp³-hybridized carbons (Fsp3) is 0.510. The predicted molar refractivity (Wildman–Crippen MR) is 245 cm³/mol. The smallest absolute Gasteiger partial charge is 0.407 e. The third-order valence-corrected chi connectivity index (χ3v) is 14.0. The van der Waals surface area contributed by atoms with Crippen molar-refractivity contribution in [2.75, 3.05) is 53.7 Å². The number of carbonyl (C=O) groups is 4. The topological polar surface area (TPSA) is 202 Å². The molecule has 4 amide bonds. The minimum absolute atomic E-state index is 0. The van der Waals surface area contributed by atoms with Gasteiger partial charge in [-0.05, 0) is 84.6 Å². The molecule has 4 saturated heterocycles. The summed E-state index contributed by atoms with van der Waals surface area (Å²) in [5, 5.41) is 7.63. The molecule has 0 saturated carbocycles. The highest BCUT2D eigenvalue weighted by atomic mass is 16.7. The molecule has 4 N–H and O–H groups in total. The van der Waals surface area contributed by atoms with Crippen LogP contribution in [0.4, 0.5) is 9.59 Å². The maximum Gasteiger partial charge on any atom is 0.407 e. The number of carbonyl (C=O) groups excluding carboxylic acids is 4. The number of H-pyrrole nitrogens is 2. The molecular formula is C49H60N8O9. The molecule has 4 atom stereocenters. The summed E-state index contributed by atoms with van der Waals surface area (Å²) in [6.45, 7) is 6.54. The minimum atomic E-state index is -0.947. The lowest BCUT2D eigenvalue weighted by molar-refractivity contribution is -0.154. The second-order valence-electron chi connectivity index (χ2n) is 18.2. The van der Waals surface area contributed by atoms with Crippen molar-refractivity contribution in [1.82, 2.24) is 40.4 Å². The summed E-state index contributed by atoms with van der Waals surface area (Å²) in [6, 6.07) is 14.9. The highest BCUT2D eigenvalue weighted by Gasteiger charge is 2.53. The first-order valence-corrected chi connectivity index (χ1v) is 22.8. The van der Waals surface area contributed by atoms with Crippen molar-refractivity contribution in [1.29, 1.82) is 0 Å². The van der Waals surface area contributed by atoms with E-state index in [1.54, 1.807) is 4.90 Å². The number of hydrogen-bond acceptors (Lipinski definition) is 11. The Hall–Kier alpha value is -6.04. The van der Waals surface area contributed by atoms with Crippen LogP contribution < -0.4 is 10.6 Å². The Balaban J connectivity index is 0.00000548. The molecule has 1 spiro atoms. The molecule has 0 radical (unpaired) electrons. The Labute approximate surface area is 383 Å². The Morgan fingerprint density at radius 3 is 2.29 bits per heavy atom. The van der Waals surface area contributed by atoms with Gasteiger partial charge < -0.3 is 54.1 Å². The van der Waals surface area contributed by atoms with Crippen LogP contribution in [0.1, 0.15) is 88.4 Å². The molecule has 5 aromatic rings. The van der Waals surface area contributed by atoms with Gasteiger partial charge in [-0.15, -0.1) is 0 Å². The molecule has 6 heterocycles. The van der Waals surface area contributed by atoms with Crippen molar-refractivity contribution in [3.8, 4) is 22.4 Å². The maximum atomic E-state index is 14.6. The van der Waals surface area contributed by atoms with Gasteiger partial charge in [0.2, 0.25) is 11.8 Å². The van der Waals surface area contributed by atoms with E-state index in [0.717, 1.165) is 81.4 Å². The van der Waals surface area contributed by atoms with Crippen LogP contribution >= 0.6 is 0 Å². The molecule has 3 aromatic carbocycles. The number of likely N-dealkylation sites (tertiary alicyclic amines) is 2. The summed E-state index contributed by atoms with van der Waals surface area (Å²) in [4.78, 5) is 74.0. The van der Waals surface area contributed by atoms with Crippen LogP contribution in [0.5, 0.6) is 0 Å². The molecule has 350 valence electrons. The Morgan fingerprint density at radius 1 is 0.803 bits per heavy atom. The van der Waals surface area contributed by atoms with Crippen molar-refractivity contribution >= 4 is 45.8 Å². The number of nitrogens with one attached hydrogen (secondary N) is 4. The van der Waals surface area contributed by atoms with Gasteiger partial charge in [0.15, 0.2) is 5.79 Å². The van der Waals surface area contributed by atoms with Crippen LogP contribution in [0.15, 0.2) is 48.5 Å². The van der Waals surface area contributed by atoms with Crippen LogP contribution in [0.25, 0.3) is 44.2 Å². The summed E-state index contributed by atoms with van der Waals surface area (Å²) in [6.07, 6.45) is 3.60. The minimum Gasteiger partial charge on any atom is -0.453 e. The highest BCUT2D eigenvalue weighted by molar-refractivity contribution is 6.05. The molecule has 10 rings (SSSR count). The lowest BCUT2D eigenvalue weighted by Crippen LogP contribution is -2.54. The van der Waals surface area contributed by atoms with Gasteiger partial charge >= 0.3 is 12.2 Å². The first-order chi connectivity index (χ1) is 31.5. The number of fused-ring (bicyclic) bond motifs is 6. The number of nitrogens with zero attached hydrogens (tertiary/aromatic N) is 4. The third-order valence-electron chi connectivity index (χ3n) is 14.0. The van der Waals surface area contributed by atoms with E-state index in [0.29, 0.717) is 58.1 Å². The Bertz CT molecular complexity index is 2650. The Kier molecular flexibility index (Phi) is 12.5. The number of ether oxygens (including phenoxy) is 5. The van der Waals surface area contributed by atoms with E-state index in [1.165, 1.54) is 19.8 Å². The third kappa shape index (κ3) is 8.25. The van der Waals surface area contributed by atoms with Gasteiger partial charge in [-0.25, -0.2) is 19.6 Å². The summed E-state index contributed by atoms with van der Waals surface area (Å²) < 4.78 is 27.7. The second-order valence-corrected chi connectivity index (χ2v) is 18.2. The van der Waals surface area contributed by atoms with Crippen molar-refractivity contribution in [3.05, 3.63) is 71.4 Å². The molecule has 4 aliphatic heterocycles. The second kappa shape index (κ2) is 18.3. The van der Waals surface area contributed by atoms with E-state index in [2.05, 4.69) is 63.1 Å². The van der Waals surface area contributed by atoms with E-state index in [1.807, 2.05) is 24.8 Å². The van der Waals surface area contributed by atoms with Crippen LogP contribution in [-0.4, -0.2) is 125 Å². The quantitative estimate of drug-likeness (QED) is 0.122. The normalized spacial score (nSPS) is 21.1. The molecule has 4 fully saturated rings. The molecule has 17 nitrogen and oxygen atoms in total. The van der Waals surface area contributed by atoms with Gasteiger partial charge in [-0.3, -0.25) is 9.59 Å². The predicted octanol–water partition coefficient (Wildman–Crippen LogP) is 6.72. The van der Waals surface area contributed by atoms with Crippen molar-refractivity contribution in [3.63, 3.8) is 0 Å². The fourth-order valence-electron chi connectivity index (χ4n) is 10.6. The van der Waals surface area contributed by atoms with Crippen molar-refractivity contribution in [2.45, 2.75) is 96.2 Å². The lowest BCUT2D eigenvalue weighted by Gasteiger charge is -2.34. The summed E-state index contributed by atoms with van der Waals surface area (Å²) in [5.74, 6) is -0.129. The van der Waals surface area contributed by atoms with Gasteiger partial charge in [-0.2, -0.15) is 0 Å². The summed E-state index contributed by atoms with van der Waals surface area (Å²) in [5.41, 5.74) is 8.06. The number of methoxy groups -OCH3 is 2. The molecule has 0 bridgehead atoms. The van der Waals surface area contributed by atoms with Crippen molar-refractivity contribution in [2.24, 2.45) is 11.8 Å². The van der Waals surface area contributed by atoms with E-state index in [4.69, 9.17) is 33.7 Å². The number of amides is 4. The molecule has 5 aliphatic rings. The number of hydrogen-bond donors (Lipinski definition) is 4. The average molecular weight is 905 g/mol. The monoisotopic (exact) mass is 904 g/mol. The molecule has 17 heteroatoms. The van der Waals surface area contributed by atoms with Crippen LogP contribution in [0.3, 0.4) is 0 Å². The molecule has 66 heavy (non-hydrogen) atoms. The fourth-order valence-corrected chi connectivity index (χ4v) is 10.6.